The molecule has 0 saturated heterocycles. The molecule has 8 heteroatoms. The lowest BCUT2D eigenvalue weighted by atomic mass is 9.63. The van der Waals surface area contributed by atoms with Gasteiger partial charge in [-0.05, 0) is 37.5 Å². The average Bonchev–Trinajstić information content (AvgIpc) is 3.46. The van der Waals surface area contributed by atoms with Gasteiger partial charge in [-0.15, -0.1) is 0 Å². The zero-order valence-electron chi connectivity index (χ0n) is 19.7. The molecule has 4 atom stereocenters. The van der Waals surface area contributed by atoms with Crippen molar-refractivity contribution in [3.63, 3.8) is 0 Å². The second kappa shape index (κ2) is 7.75. The normalized spacial score (nSPS) is 30.7. The summed E-state index contributed by atoms with van der Waals surface area (Å²) in [6, 6.07) is 1.75. The van der Waals surface area contributed by atoms with Crippen molar-refractivity contribution < 1.29 is 38.1 Å². The first kappa shape index (κ1) is 22.3. The fourth-order valence-electron chi connectivity index (χ4n) is 5.09. The van der Waals surface area contributed by atoms with Crippen molar-refractivity contribution in [1.82, 2.24) is 0 Å². The molecule has 2 aliphatic heterocycles. The summed E-state index contributed by atoms with van der Waals surface area (Å²) in [5, 5.41) is 0. The first-order valence-corrected chi connectivity index (χ1v) is 11.2. The van der Waals surface area contributed by atoms with Crippen LogP contribution in [0.15, 0.2) is 41.2 Å². The minimum absolute atomic E-state index is 0.00101. The molecule has 0 radical (unpaired) electrons. The number of rotatable bonds is 3. The van der Waals surface area contributed by atoms with Crippen LogP contribution < -0.4 is 14.2 Å². The Morgan fingerprint density at radius 2 is 1.94 bits per heavy atom. The predicted molar refractivity (Wildman–Crippen MR) is 120 cm³/mol. The lowest BCUT2D eigenvalue weighted by molar-refractivity contribution is -0.148. The molecule has 0 unspecified atom stereocenters. The van der Waals surface area contributed by atoms with Gasteiger partial charge in [-0.3, -0.25) is 9.59 Å². The third-order valence-corrected chi connectivity index (χ3v) is 7.37. The van der Waals surface area contributed by atoms with Gasteiger partial charge in [0.2, 0.25) is 18.3 Å². The SMILES string of the molecule is C/C=C(/C)C(=O)O[C@@H]1c2cc3c(c4c2[C@@]2(CO4)C(=O)C(=O)C(OC)=C/C2=C/[C@@H](C)[C@H]1C)OCO3. The van der Waals surface area contributed by atoms with Gasteiger partial charge in [0, 0.05) is 22.6 Å². The first-order valence-electron chi connectivity index (χ1n) is 11.2. The molecule has 1 spiro atoms. The van der Waals surface area contributed by atoms with Gasteiger partial charge in [-0.25, -0.2) is 4.79 Å². The monoisotopic (exact) mass is 466 g/mol. The highest BCUT2D eigenvalue weighted by molar-refractivity contribution is 6.48. The zero-order chi connectivity index (χ0) is 24.4. The molecule has 0 bridgehead atoms. The molecule has 0 aromatic heterocycles. The van der Waals surface area contributed by atoms with Crippen molar-refractivity contribution in [2.45, 2.75) is 39.2 Å². The van der Waals surface area contributed by atoms with Crippen molar-refractivity contribution in [3.8, 4) is 17.2 Å². The molecule has 4 aliphatic rings. The maximum atomic E-state index is 13.7. The van der Waals surface area contributed by atoms with Gasteiger partial charge in [0.05, 0.1) is 7.11 Å². The van der Waals surface area contributed by atoms with E-state index < -0.39 is 29.1 Å². The highest BCUT2D eigenvalue weighted by Gasteiger charge is 2.59. The topological polar surface area (TPSA) is 97.4 Å². The van der Waals surface area contributed by atoms with Crippen LogP contribution in [0.3, 0.4) is 0 Å². The maximum absolute atomic E-state index is 13.7. The van der Waals surface area contributed by atoms with Gasteiger partial charge in [-0.1, -0.05) is 26.0 Å². The van der Waals surface area contributed by atoms with Crippen LogP contribution in [-0.4, -0.2) is 38.0 Å². The van der Waals surface area contributed by atoms with Gasteiger partial charge in [0.15, 0.2) is 17.3 Å². The van der Waals surface area contributed by atoms with E-state index in [2.05, 4.69) is 0 Å². The van der Waals surface area contributed by atoms with Gasteiger partial charge >= 0.3 is 5.97 Å². The van der Waals surface area contributed by atoms with E-state index in [1.165, 1.54) is 7.11 Å². The number of esters is 1. The molecular formula is C26H26O8. The van der Waals surface area contributed by atoms with E-state index >= 15 is 0 Å². The summed E-state index contributed by atoms with van der Waals surface area (Å²) >= 11 is 0. The number of fused-ring (bicyclic) bond motifs is 2. The molecule has 0 amide bonds. The molecule has 8 nitrogen and oxygen atoms in total. The molecule has 2 heterocycles. The Morgan fingerprint density at radius 1 is 1.18 bits per heavy atom. The largest absolute Gasteiger partial charge is 0.493 e. The van der Waals surface area contributed by atoms with Gasteiger partial charge in [0.25, 0.3) is 5.78 Å². The number of benzene rings is 1. The number of ketones is 2. The third-order valence-electron chi connectivity index (χ3n) is 7.37. The number of carbonyl (C=O) groups excluding carboxylic acids is 3. The van der Waals surface area contributed by atoms with Crippen LogP contribution in [0.25, 0.3) is 0 Å². The van der Waals surface area contributed by atoms with Crippen molar-refractivity contribution in [1.29, 1.82) is 0 Å². The van der Waals surface area contributed by atoms with Crippen LogP contribution in [0.1, 0.15) is 44.9 Å². The van der Waals surface area contributed by atoms with E-state index in [0.29, 0.717) is 39.5 Å². The Balaban J connectivity index is 1.82. The van der Waals surface area contributed by atoms with Gasteiger partial charge in [-0.2, -0.15) is 0 Å². The fraction of sp³-hybridized carbons (Fsp3) is 0.423. The van der Waals surface area contributed by atoms with E-state index in [9.17, 15) is 14.4 Å². The summed E-state index contributed by atoms with van der Waals surface area (Å²) in [6.07, 6.45) is 4.54. The molecule has 34 heavy (non-hydrogen) atoms. The average molecular weight is 466 g/mol. The Hall–Kier alpha value is -3.55. The molecule has 178 valence electrons. The van der Waals surface area contributed by atoms with Crippen LogP contribution in [0.4, 0.5) is 0 Å². The number of carbonyl (C=O) groups is 3. The molecule has 0 N–H and O–H groups in total. The molecule has 1 aromatic carbocycles. The molecular weight excluding hydrogens is 440 g/mol. The highest BCUT2D eigenvalue weighted by atomic mass is 16.7. The molecule has 0 saturated carbocycles. The number of ether oxygens (including phenoxy) is 5. The van der Waals surface area contributed by atoms with E-state index in [1.54, 1.807) is 32.1 Å². The maximum Gasteiger partial charge on any atom is 0.333 e. The number of Topliss-reactive ketones (excluding diaryl/α,β-unsaturated/α-hetero) is 2. The summed E-state index contributed by atoms with van der Waals surface area (Å²) in [5.41, 5.74) is 0.774. The molecule has 0 fully saturated rings. The smallest absolute Gasteiger partial charge is 0.333 e. The Morgan fingerprint density at radius 3 is 2.65 bits per heavy atom. The lowest BCUT2D eigenvalue weighted by Crippen LogP contribution is -2.48. The molecule has 1 aromatic rings. The number of hydrogen-bond donors (Lipinski definition) is 0. The van der Waals surface area contributed by atoms with Crippen LogP contribution in [0.2, 0.25) is 0 Å². The van der Waals surface area contributed by atoms with Gasteiger partial charge < -0.3 is 23.7 Å². The van der Waals surface area contributed by atoms with Crippen molar-refractivity contribution in [2.24, 2.45) is 11.8 Å². The van der Waals surface area contributed by atoms with Crippen LogP contribution in [0, 0.1) is 11.8 Å². The summed E-state index contributed by atoms with van der Waals surface area (Å²) in [5.74, 6) is -0.946. The highest BCUT2D eigenvalue weighted by Crippen LogP contribution is 2.59. The zero-order valence-corrected chi connectivity index (χ0v) is 19.7. The second-order valence-corrected chi connectivity index (χ2v) is 9.11. The Labute approximate surface area is 197 Å². The Bertz CT molecular complexity index is 1220. The number of hydrogen-bond acceptors (Lipinski definition) is 8. The van der Waals surface area contributed by atoms with Crippen LogP contribution >= 0.6 is 0 Å². The minimum Gasteiger partial charge on any atom is -0.493 e. The first-order chi connectivity index (χ1) is 16.2. The summed E-state index contributed by atoms with van der Waals surface area (Å²) in [4.78, 5) is 39.6. The fourth-order valence-corrected chi connectivity index (χ4v) is 5.09. The van der Waals surface area contributed by atoms with E-state index in [-0.39, 0.29) is 31.0 Å². The third kappa shape index (κ3) is 2.87. The summed E-state index contributed by atoms with van der Waals surface area (Å²) in [6.45, 7) is 7.36. The van der Waals surface area contributed by atoms with Crippen LogP contribution in [-0.2, 0) is 29.3 Å². The summed E-state index contributed by atoms with van der Waals surface area (Å²) < 4.78 is 28.6. The summed E-state index contributed by atoms with van der Waals surface area (Å²) in [7, 11) is 1.37. The van der Waals surface area contributed by atoms with E-state index in [0.717, 1.165) is 0 Å². The van der Waals surface area contributed by atoms with Crippen molar-refractivity contribution >= 4 is 17.5 Å². The molecule has 2 aliphatic carbocycles. The lowest BCUT2D eigenvalue weighted by Gasteiger charge is -2.38. The van der Waals surface area contributed by atoms with Crippen molar-refractivity contribution in [2.75, 3.05) is 20.5 Å². The Kier molecular flexibility index (Phi) is 5.07. The van der Waals surface area contributed by atoms with Crippen molar-refractivity contribution in [3.05, 3.63) is 52.3 Å². The second-order valence-electron chi connectivity index (χ2n) is 9.11. The van der Waals surface area contributed by atoms with Crippen LogP contribution in [0.5, 0.6) is 17.2 Å². The predicted octanol–water partition coefficient (Wildman–Crippen LogP) is 3.49. The van der Waals surface area contributed by atoms with E-state index in [1.807, 2.05) is 19.9 Å². The number of methoxy groups -OCH3 is 1. The quantitative estimate of drug-likeness (QED) is 0.379. The van der Waals surface area contributed by atoms with Gasteiger partial charge in [0.1, 0.15) is 18.1 Å². The number of allylic oxidation sites excluding steroid dienone is 4. The van der Waals surface area contributed by atoms with E-state index in [4.69, 9.17) is 23.7 Å². The molecule has 5 rings (SSSR count). The standard InChI is InChI=1S/C26H26O8/c1-6-12(2)25(29)34-21-14(4)13(3)7-15-8-17(30-5)20(27)24(28)26(15)10-31-23-19(26)16(21)9-18-22(23)33-11-32-18/h6-9,13-14,21H,10-11H2,1-5H3/b12-6-,15-7-/t13-,14-,21+,26+/m1/s1. The minimum atomic E-state index is -1.39.